The number of aliphatic hydroxyl groups excluding tert-OH is 1. The number of quaternary nitrogens is 1. The maximum atomic E-state index is 13.0. The van der Waals surface area contributed by atoms with Crippen LogP contribution in [-0.2, 0) is 18.4 Å². The van der Waals surface area contributed by atoms with Crippen LogP contribution >= 0.6 is 7.82 Å². The molecule has 1 amide bonds. The predicted octanol–water partition coefficient (Wildman–Crippen LogP) is 20.2. The highest BCUT2D eigenvalue weighted by Crippen LogP contribution is 2.43. The van der Waals surface area contributed by atoms with Crippen molar-refractivity contribution in [2.24, 2.45) is 0 Å². The van der Waals surface area contributed by atoms with Crippen LogP contribution in [0.1, 0.15) is 296 Å². The third kappa shape index (κ3) is 59.6. The third-order valence-corrected chi connectivity index (χ3v) is 15.5. The highest BCUT2D eigenvalue weighted by Gasteiger charge is 2.28. The second-order valence-corrected chi connectivity index (χ2v) is 24.6. The lowest BCUT2D eigenvalue weighted by Crippen LogP contribution is -2.46. The van der Waals surface area contributed by atoms with Gasteiger partial charge in [0.25, 0.3) is 0 Å². The number of hydrogen-bond donors (Lipinski definition) is 3. The summed E-state index contributed by atoms with van der Waals surface area (Å²) in [7, 11) is 1.60. The second-order valence-electron chi connectivity index (χ2n) is 23.1. The minimum absolute atomic E-state index is 0.0685. The van der Waals surface area contributed by atoms with Crippen LogP contribution in [0.15, 0.2) is 72.9 Å². The molecular formula is C67H126N2O6P+. The van der Waals surface area contributed by atoms with Crippen molar-refractivity contribution in [2.45, 2.75) is 309 Å². The Kier molecular flexibility index (Phi) is 56.1. The lowest BCUT2D eigenvalue weighted by molar-refractivity contribution is -0.870. The van der Waals surface area contributed by atoms with Gasteiger partial charge in [-0.15, -0.1) is 0 Å². The Morgan fingerprint density at radius 1 is 0.461 bits per heavy atom. The van der Waals surface area contributed by atoms with Crippen molar-refractivity contribution in [2.75, 3.05) is 40.9 Å². The zero-order chi connectivity index (χ0) is 55.6. The average molecular weight is 1090 g/mol. The molecule has 0 bridgehead atoms. The molecule has 0 aromatic rings. The Labute approximate surface area is 472 Å². The fraction of sp³-hybridized carbons (Fsp3) is 0.806. The van der Waals surface area contributed by atoms with E-state index in [1.54, 1.807) is 0 Å². The molecule has 0 aromatic carbocycles. The summed E-state index contributed by atoms with van der Waals surface area (Å²) in [5, 5.41) is 14.1. The standard InChI is InChI=1S/C67H125N2O6P/c1-6-8-10-12-14-16-18-20-22-24-26-28-30-32-33-34-35-37-38-40-42-44-46-48-50-52-54-56-58-60-66(70)65(64-75-76(72,73)74-63-62-69(3,4)5)68-67(71)61-59-57-55-53-51-49-47-45-43-41-39-36-31-29-27-25-23-21-19-17-15-13-11-9-7-2/h9,11,15,17,21,23,27,29,36,39,43,45,65-66,70H,6-8,10,12-14,16,18-20,22,24-26,28,30-35,37-38,40-42,44,46-64H2,1-5H3,(H-,68,71,72,73)/p+1/b11-9-,17-15-,23-21-,29-27-,39-36-,45-43-. The van der Waals surface area contributed by atoms with Crippen molar-refractivity contribution in [3.05, 3.63) is 72.9 Å². The average Bonchev–Trinajstić information content (AvgIpc) is 3.38. The van der Waals surface area contributed by atoms with E-state index < -0.39 is 20.0 Å². The van der Waals surface area contributed by atoms with Gasteiger partial charge in [0.15, 0.2) is 0 Å². The van der Waals surface area contributed by atoms with Gasteiger partial charge in [0.05, 0.1) is 39.9 Å². The number of nitrogens with one attached hydrogen (secondary N) is 1. The fourth-order valence-electron chi connectivity index (χ4n) is 9.47. The van der Waals surface area contributed by atoms with Gasteiger partial charge >= 0.3 is 7.82 Å². The molecule has 0 aliphatic heterocycles. The number of rotatable bonds is 59. The van der Waals surface area contributed by atoms with Crippen molar-refractivity contribution in [3.8, 4) is 0 Å². The molecule has 3 unspecified atom stereocenters. The lowest BCUT2D eigenvalue weighted by atomic mass is 10.0. The van der Waals surface area contributed by atoms with E-state index >= 15 is 0 Å². The van der Waals surface area contributed by atoms with E-state index in [2.05, 4.69) is 92.1 Å². The zero-order valence-electron chi connectivity index (χ0n) is 50.7. The maximum Gasteiger partial charge on any atom is 0.472 e. The number of allylic oxidation sites excluding steroid dienone is 12. The number of phosphoric acid groups is 1. The van der Waals surface area contributed by atoms with Crippen LogP contribution in [0.25, 0.3) is 0 Å². The monoisotopic (exact) mass is 1090 g/mol. The predicted molar refractivity (Wildman–Crippen MR) is 332 cm³/mol. The SMILES string of the molecule is CC/C=C\C/C=C\C/C=C\C/C=C\C/C=C\C/C=C\CCCCCCCCC(=O)NC(COP(=O)(O)OCC[N+](C)(C)C)C(O)CCCCCCCCCCCCCCCCCCCCCCCCCCCCCCC. The molecule has 76 heavy (non-hydrogen) atoms. The molecule has 0 aromatic heterocycles. The lowest BCUT2D eigenvalue weighted by Gasteiger charge is -2.26. The summed E-state index contributed by atoms with van der Waals surface area (Å²) in [5.74, 6) is -0.158. The number of carbonyl (C=O) groups excluding carboxylic acids is 1. The van der Waals surface area contributed by atoms with Crippen molar-refractivity contribution in [1.82, 2.24) is 5.32 Å². The third-order valence-electron chi connectivity index (χ3n) is 14.5. The summed E-state index contributed by atoms with van der Waals surface area (Å²) in [5.41, 5.74) is 0. The molecule has 0 spiro atoms. The topological polar surface area (TPSA) is 105 Å². The van der Waals surface area contributed by atoms with E-state index in [0.29, 0.717) is 23.9 Å². The normalized spacial score (nSPS) is 14.2. The quantitative estimate of drug-likeness (QED) is 0.0243. The van der Waals surface area contributed by atoms with Crippen LogP contribution in [0.5, 0.6) is 0 Å². The van der Waals surface area contributed by atoms with E-state index in [1.807, 2.05) is 21.1 Å². The molecule has 0 rings (SSSR count). The molecule has 0 saturated heterocycles. The first-order chi connectivity index (χ1) is 37.0. The smallest absolute Gasteiger partial charge is 0.391 e. The molecule has 3 N–H and O–H groups in total. The Morgan fingerprint density at radius 2 is 0.789 bits per heavy atom. The fourth-order valence-corrected chi connectivity index (χ4v) is 10.2. The molecule has 0 aliphatic rings. The number of likely N-dealkylation sites (N-methyl/N-ethyl adjacent to an activating group) is 1. The molecule has 0 saturated carbocycles. The Balaban J connectivity index is 4.13. The van der Waals surface area contributed by atoms with Gasteiger partial charge in [-0.2, -0.15) is 0 Å². The van der Waals surface area contributed by atoms with Gasteiger partial charge in [-0.3, -0.25) is 13.8 Å². The summed E-state index contributed by atoms with van der Waals surface area (Å²) < 4.78 is 23.8. The highest BCUT2D eigenvalue weighted by molar-refractivity contribution is 7.47. The zero-order valence-corrected chi connectivity index (χ0v) is 51.6. The molecule has 0 aliphatic carbocycles. The first-order valence-corrected chi connectivity index (χ1v) is 33.8. The molecule has 444 valence electrons. The Morgan fingerprint density at radius 3 is 1.16 bits per heavy atom. The number of unbranched alkanes of at least 4 members (excludes halogenated alkanes) is 34. The first-order valence-electron chi connectivity index (χ1n) is 32.3. The van der Waals surface area contributed by atoms with Crippen LogP contribution in [0.4, 0.5) is 0 Å². The molecule has 3 atom stereocenters. The van der Waals surface area contributed by atoms with Gasteiger partial charge in [0.1, 0.15) is 13.2 Å². The molecule has 8 nitrogen and oxygen atoms in total. The Bertz CT molecular complexity index is 1470. The minimum atomic E-state index is -4.34. The van der Waals surface area contributed by atoms with Gasteiger partial charge in [0, 0.05) is 6.42 Å². The van der Waals surface area contributed by atoms with Crippen LogP contribution in [-0.4, -0.2) is 73.4 Å². The van der Waals surface area contributed by atoms with Gasteiger partial charge in [-0.1, -0.05) is 299 Å². The van der Waals surface area contributed by atoms with Crippen LogP contribution in [0.2, 0.25) is 0 Å². The molecule has 0 radical (unpaired) electrons. The number of carbonyl (C=O) groups is 1. The van der Waals surface area contributed by atoms with Gasteiger partial charge in [-0.25, -0.2) is 4.57 Å². The van der Waals surface area contributed by atoms with E-state index in [0.717, 1.165) is 89.9 Å². The Hall–Kier alpha value is -2.06. The van der Waals surface area contributed by atoms with Crippen molar-refractivity contribution in [1.29, 1.82) is 0 Å². The van der Waals surface area contributed by atoms with Crippen LogP contribution < -0.4 is 5.32 Å². The number of hydrogen-bond acceptors (Lipinski definition) is 5. The number of nitrogens with zero attached hydrogens (tertiary/aromatic N) is 1. The second kappa shape index (κ2) is 57.6. The van der Waals surface area contributed by atoms with E-state index in [-0.39, 0.29) is 19.1 Å². The molecular weight excluding hydrogens is 960 g/mol. The number of phosphoric ester groups is 1. The maximum absolute atomic E-state index is 13.0. The molecule has 0 fully saturated rings. The van der Waals surface area contributed by atoms with Crippen molar-refractivity contribution >= 4 is 13.7 Å². The first kappa shape index (κ1) is 73.9. The molecule has 0 heterocycles. The molecule has 9 heteroatoms. The van der Waals surface area contributed by atoms with Gasteiger partial charge in [-0.05, 0) is 64.2 Å². The summed E-state index contributed by atoms with van der Waals surface area (Å²) in [4.78, 5) is 23.4. The summed E-state index contributed by atoms with van der Waals surface area (Å²) in [6.45, 7) is 4.79. The number of amides is 1. The van der Waals surface area contributed by atoms with Crippen molar-refractivity contribution < 1.29 is 32.9 Å². The van der Waals surface area contributed by atoms with Gasteiger partial charge < -0.3 is 19.8 Å². The summed E-state index contributed by atoms with van der Waals surface area (Å²) >= 11 is 0. The highest BCUT2D eigenvalue weighted by atomic mass is 31.2. The van der Waals surface area contributed by atoms with Gasteiger partial charge in [0.2, 0.25) is 5.91 Å². The largest absolute Gasteiger partial charge is 0.472 e. The minimum Gasteiger partial charge on any atom is -0.391 e. The summed E-state index contributed by atoms with van der Waals surface area (Å²) in [6, 6.07) is -0.775. The van der Waals surface area contributed by atoms with E-state index in [9.17, 15) is 19.4 Å². The summed E-state index contributed by atoms with van der Waals surface area (Å²) in [6.07, 6.45) is 79.8. The van der Waals surface area contributed by atoms with E-state index in [1.165, 1.54) is 180 Å². The van der Waals surface area contributed by atoms with Crippen molar-refractivity contribution in [3.63, 3.8) is 0 Å². The van der Waals surface area contributed by atoms with Crippen LogP contribution in [0, 0.1) is 0 Å². The van der Waals surface area contributed by atoms with E-state index in [4.69, 9.17) is 9.05 Å². The van der Waals surface area contributed by atoms with Crippen LogP contribution in [0.3, 0.4) is 0 Å². The number of aliphatic hydroxyl groups is 1.